The zero-order valence-corrected chi connectivity index (χ0v) is 36.5. The van der Waals surface area contributed by atoms with Gasteiger partial charge in [-0.25, -0.2) is 0 Å². The lowest BCUT2D eigenvalue weighted by atomic mass is 9.78. The third-order valence-corrected chi connectivity index (χ3v) is 13.8. The van der Waals surface area contributed by atoms with Crippen LogP contribution in [0.2, 0.25) is 0 Å². The number of furan rings is 1. The summed E-state index contributed by atoms with van der Waals surface area (Å²) in [6, 6.07) is 86.8. The van der Waals surface area contributed by atoms with Crippen molar-refractivity contribution in [2.24, 2.45) is 0 Å². The maximum atomic E-state index is 6.18. The van der Waals surface area contributed by atoms with Crippen molar-refractivity contribution >= 4 is 21.9 Å². The second-order valence-electron chi connectivity index (χ2n) is 18.1. The summed E-state index contributed by atoms with van der Waals surface area (Å²) in [4.78, 5) is 0. The first-order valence-electron chi connectivity index (χ1n) is 22.7. The van der Waals surface area contributed by atoms with Gasteiger partial charge < -0.3 is 4.42 Å². The molecule has 1 heteroatoms. The van der Waals surface area contributed by atoms with Crippen molar-refractivity contribution in [2.45, 2.75) is 25.2 Å². The van der Waals surface area contributed by atoms with Gasteiger partial charge in [0.1, 0.15) is 11.2 Å². The summed E-state index contributed by atoms with van der Waals surface area (Å²) in [7, 11) is 0. The van der Waals surface area contributed by atoms with Crippen molar-refractivity contribution in [2.75, 3.05) is 0 Å². The molecule has 0 unspecified atom stereocenters. The summed E-state index contributed by atoms with van der Waals surface area (Å²) in [5, 5.41) is 2.30. The summed E-state index contributed by atoms with van der Waals surface area (Å²) >= 11 is 0. The highest BCUT2D eigenvalue weighted by molar-refractivity contribution is 6.06. The lowest BCUT2D eigenvalue weighted by molar-refractivity contribution is 0.659. The van der Waals surface area contributed by atoms with Crippen LogP contribution in [0.15, 0.2) is 241 Å². The number of benzene rings is 10. The van der Waals surface area contributed by atoms with E-state index in [9.17, 15) is 0 Å². The molecule has 1 aromatic heterocycles. The van der Waals surface area contributed by atoms with E-state index in [1.807, 2.05) is 12.1 Å². The molecule has 1 aliphatic carbocycles. The Morgan fingerprint density at radius 3 is 1.28 bits per heavy atom. The molecule has 0 fully saturated rings. The maximum absolute atomic E-state index is 6.18. The highest BCUT2D eigenvalue weighted by Crippen LogP contribution is 2.51. The zero-order chi connectivity index (χ0) is 43.5. The highest BCUT2D eigenvalue weighted by Gasteiger charge is 2.36. The van der Waals surface area contributed by atoms with Crippen LogP contribution in [0.3, 0.4) is 0 Å². The minimum absolute atomic E-state index is 0.0290. The van der Waals surface area contributed by atoms with Crippen molar-refractivity contribution in [3.63, 3.8) is 0 Å². The van der Waals surface area contributed by atoms with Crippen LogP contribution in [0.5, 0.6) is 0 Å². The van der Waals surface area contributed by atoms with Gasteiger partial charge in [0.25, 0.3) is 0 Å². The Morgan fingerprint density at radius 2 is 0.692 bits per heavy atom. The van der Waals surface area contributed by atoms with Gasteiger partial charge in [-0.3, -0.25) is 0 Å². The molecule has 1 heterocycles. The Balaban J connectivity index is 0.920. The fourth-order valence-electron chi connectivity index (χ4n) is 10.4. The van der Waals surface area contributed by atoms with E-state index >= 15 is 0 Å². The highest BCUT2D eigenvalue weighted by atomic mass is 16.3. The molecule has 1 aliphatic rings. The van der Waals surface area contributed by atoms with Crippen molar-refractivity contribution in [1.29, 1.82) is 0 Å². The Hall–Kier alpha value is -8.00. The molecule has 12 rings (SSSR count). The molecule has 0 atom stereocenters. The summed E-state index contributed by atoms with van der Waals surface area (Å²) < 4.78 is 6.18. The van der Waals surface area contributed by atoms with Crippen LogP contribution in [0, 0.1) is 0 Å². The molecule has 0 bridgehead atoms. The number of rotatable bonds is 8. The molecule has 0 radical (unpaired) electrons. The van der Waals surface area contributed by atoms with Crippen LogP contribution < -0.4 is 0 Å². The van der Waals surface area contributed by atoms with Gasteiger partial charge in [-0.15, -0.1) is 0 Å². The first-order valence-corrected chi connectivity index (χ1v) is 22.7. The Morgan fingerprint density at radius 1 is 0.292 bits per heavy atom. The number of fused-ring (bicyclic) bond motifs is 6. The molecule has 0 saturated carbocycles. The number of hydrogen-bond donors (Lipinski definition) is 0. The second-order valence-corrected chi connectivity index (χ2v) is 18.1. The van der Waals surface area contributed by atoms with Crippen LogP contribution >= 0.6 is 0 Å². The van der Waals surface area contributed by atoms with E-state index in [-0.39, 0.29) is 11.3 Å². The SMILES string of the molecule is CC1(C)c2cc(-c3ccc4oc5ccccc5c4c3)ccc2-c2ccc(C(c3ccc(-c4cccc(-c5ccccc5)c4)cc3)c3ccc(-c4cccc(-c5ccccc5)c4)cc3)cc21. The molecule has 1 nitrogen and oxygen atoms in total. The average molecular weight is 831 g/mol. The molecule has 10 aromatic carbocycles. The summed E-state index contributed by atoms with van der Waals surface area (Å²) in [5.74, 6) is 0.0290. The standard InChI is InChI=1S/C64H46O/c1-64(2)59-40-53(52-33-36-62-58(39-52)57-21-9-10-22-61(57)65-62)31-34-55(59)56-35-32-54(41-60(56)64)63(46-27-23-44(24-28-46)50-19-11-17-48(37-50)42-13-5-3-6-14-42)47-29-25-45(26-30-47)51-20-12-18-49(38-51)43-15-7-4-8-16-43/h3-41,63H,1-2H3. The molecule has 65 heavy (non-hydrogen) atoms. The molecule has 0 aliphatic heterocycles. The van der Waals surface area contributed by atoms with E-state index in [1.54, 1.807) is 0 Å². The molecule has 0 spiro atoms. The normalized spacial score (nSPS) is 12.7. The van der Waals surface area contributed by atoms with Crippen molar-refractivity contribution in [3.8, 4) is 66.8 Å². The second kappa shape index (κ2) is 15.7. The topological polar surface area (TPSA) is 13.1 Å². The Kier molecular flexibility index (Phi) is 9.31. The molecule has 308 valence electrons. The lowest BCUT2D eigenvalue weighted by Gasteiger charge is -2.25. The van der Waals surface area contributed by atoms with E-state index in [1.165, 1.54) is 94.6 Å². The average Bonchev–Trinajstić information content (AvgIpc) is 3.85. The monoisotopic (exact) mass is 830 g/mol. The maximum Gasteiger partial charge on any atom is 0.135 e. The summed E-state index contributed by atoms with van der Waals surface area (Å²) in [5.41, 5.74) is 23.0. The van der Waals surface area contributed by atoms with Crippen LogP contribution in [-0.4, -0.2) is 0 Å². The van der Waals surface area contributed by atoms with Crippen LogP contribution in [0.1, 0.15) is 47.6 Å². The van der Waals surface area contributed by atoms with Gasteiger partial charge in [-0.05, 0) is 131 Å². The zero-order valence-electron chi connectivity index (χ0n) is 36.5. The fraction of sp³-hybridized carbons (Fsp3) is 0.0625. The molecule has 11 aromatic rings. The third kappa shape index (κ3) is 6.89. The summed E-state index contributed by atoms with van der Waals surface area (Å²) in [6.07, 6.45) is 0. The first-order chi connectivity index (χ1) is 31.9. The van der Waals surface area contributed by atoms with Gasteiger partial charge in [0.15, 0.2) is 0 Å². The molecule has 0 saturated heterocycles. The van der Waals surface area contributed by atoms with Gasteiger partial charge in [0, 0.05) is 22.1 Å². The molecule has 0 amide bonds. The first kappa shape index (κ1) is 38.7. The van der Waals surface area contributed by atoms with Crippen LogP contribution in [0.4, 0.5) is 0 Å². The van der Waals surface area contributed by atoms with Crippen molar-refractivity contribution in [1.82, 2.24) is 0 Å². The lowest BCUT2D eigenvalue weighted by Crippen LogP contribution is -2.16. The van der Waals surface area contributed by atoms with Gasteiger partial charge >= 0.3 is 0 Å². The number of para-hydroxylation sites is 1. The Labute approximate surface area is 380 Å². The largest absolute Gasteiger partial charge is 0.456 e. The minimum atomic E-state index is -0.199. The van der Waals surface area contributed by atoms with Gasteiger partial charge in [-0.1, -0.05) is 214 Å². The fourth-order valence-corrected chi connectivity index (χ4v) is 10.4. The van der Waals surface area contributed by atoms with E-state index in [0.29, 0.717) is 0 Å². The summed E-state index contributed by atoms with van der Waals surface area (Å²) in [6.45, 7) is 4.79. The van der Waals surface area contributed by atoms with Crippen molar-refractivity contribution in [3.05, 3.63) is 264 Å². The Bertz CT molecular complexity index is 3410. The third-order valence-electron chi connectivity index (χ3n) is 13.8. The van der Waals surface area contributed by atoms with Gasteiger partial charge in [0.05, 0.1) is 0 Å². The van der Waals surface area contributed by atoms with E-state index in [2.05, 4.69) is 238 Å². The molecular formula is C64H46O. The smallest absolute Gasteiger partial charge is 0.135 e. The molecular weight excluding hydrogens is 785 g/mol. The number of hydrogen-bond acceptors (Lipinski definition) is 1. The quantitative estimate of drug-likeness (QED) is 0.139. The van der Waals surface area contributed by atoms with Crippen molar-refractivity contribution < 1.29 is 4.42 Å². The van der Waals surface area contributed by atoms with Crippen LogP contribution in [-0.2, 0) is 5.41 Å². The molecule has 0 N–H and O–H groups in total. The van der Waals surface area contributed by atoms with Gasteiger partial charge in [0.2, 0.25) is 0 Å². The van der Waals surface area contributed by atoms with Gasteiger partial charge in [-0.2, -0.15) is 0 Å². The predicted octanol–water partition coefficient (Wildman–Crippen LogP) is 17.4. The predicted molar refractivity (Wildman–Crippen MR) is 272 cm³/mol. The minimum Gasteiger partial charge on any atom is -0.456 e. The van der Waals surface area contributed by atoms with E-state index in [4.69, 9.17) is 4.42 Å². The van der Waals surface area contributed by atoms with E-state index < -0.39 is 0 Å². The van der Waals surface area contributed by atoms with Crippen LogP contribution in [0.25, 0.3) is 88.7 Å². The van der Waals surface area contributed by atoms with E-state index in [0.717, 1.165) is 21.9 Å².